The lowest BCUT2D eigenvalue weighted by molar-refractivity contribution is 0.0299. The van der Waals surface area contributed by atoms with Crippen molar-refractivity contribution < 1.29 is 9.53 Å². The van der Waals surface area contributed by atoms with Crippen LogP contribution in [0, 0.1) is 0 Å². The van der Waals surface area contributed by atoms with Gasteiger partial charge in [0.25, 0.3) is 5.91 Å². The number of hydrogen-bond donors (Lipinski definition) is 1. The van der Waals surface area contributed by atoms with Gasteiger partial charge in [-0.1, -0.05) is 12.1 Å². The number of morpholine rings is 1. The lowest BCUT2D eigenvalue weighted by atomic mass is 10.1. The van der Waals surface area contributed by atoms with E-state index in [0.29, 0.717) is 32.0 Å². The summed E-state index contributed by atoms with van der Waals surface area (Å²) in [5.74, 6) is 0.0257. The molecule has 122 valence electrons. The summed E-state index contributed by atoms with van der Waals surface area (Å²) in [6.07, 6.45) is 5.53. The number of aromatic nitrogens is 3. The fourth-order valence-electron chi connectivity index (χ4n) is 2.85. The van der Waals surface area contributed by atoms with E-state index in [2.05, 4.69) is 10.1 Å². The quantitative estimate of drug-likeness (QED) is 0.805. The second-order valence-corrected chi connectivity index (χ2v) is 5.70. The molecule has 0 radical (unpaired) electrons. The van der Waals surface area contributed by atoms with Crippen molar-refractivity contribution in [3.8, 4) is 16.8 Å². The van der Waals surface area contributed by atoms with Crippen LogP contribution in [0.5, 0.6) is 0 Å². The second kappa shape index (κ2) is 6.33. The molecule has 1 amide bonds. The van der Waals surface area contributed by atoms with Gasteiger partial charge in [-0.05, 0) is 35.4 Å². The number of nitrogens with one attached hydrogen (secondary N) is 1. The third-order valence-corrected chi connectivity index (χ3v) is 4.18. The second-order valence-electron chi connectivity index (χ2n) is 5.70. The van der Waals surface area contributed by atoms with E-state index in [1.807, 2.05) is 58.4 Å². The average molecular weight is 322 g/mol. The van der Waals surface area contributed by atoms with Gasteiger partial charge in [0.15, 0.2) is 0 Å². The molecular weight excluding hydrogens is 304 g/mol. The van der Waals surface area contributed by atoms with Gasteiger partial charge in [0.05, 0.1) is 18.9 Å². The van der Waals surface area contributed by atoms with Crippen LogP contribution in [0.2, 0.25) is 0 Å². The van der Waals surface area contributed by atoms with E-state index < -0.39 is 0 Å². The van der Waals surface area contributed by atoms with Crippen LogP contribution < -0.4 is 0 Å². The summed E-state index contributed by atoms with van der Waals surface area (Å²) in [5, 5.41) is 4.22. The monoisotopic (exact) mass is 322 g/mol. The Hall–Kier alpha value is -2.86. The van der Waals surface area contributed by atoms with Gasteiger partial charge in [-0.2, -0.15) is 5.10 Å². The lowest BCUT2D eigenvalue weighted by Gasteiger charge is -2.26. The first-order valence-electron chi connectivity index (χ1n) is 7.97. The number of nitrogens with zero attached hydrogens (tertiary/aromatic N) is 3. The van der Waals surface area contributed by atoms with Crippen molar-refractivity contribution >= 4 is 5.91 Å². The van der Waals surface area contributed by atoms with Crippen LogP contribution >= 0.6 is 0 Å². The van der Waals surface area contributed by atoms with E-state index >= 15 is 0 Å². The van der Waals surface area contributed by atoms with Crippen LogP contribution in [0.1, 0.15) is 10.5 Å². The molecule has 2 aromatic heterocycles. The molecule has 0 bridgehead atoms. The van der Waals surface area contributed by atoms with Gasteiger partial charge in [-0.3, -0.25) is 4.79 Å². The van der Waals surface area contributed by atoms with Gasteiger partial charge in [-0.15, -0.1) is 0 Å². The molecule has 0 unspecified atom stereocenters. The normalized spacial score (nSPS) is 14.8. The first-order chi connectivity index (χ1) is 11.8. The van der Waals surface area contributed by atoms with Gasteiger partial charge < -0.3 is 14.6 Å². The van der Waals surface area contributed by atoms with Crippen molar-refractivity contribution in [1.82, 2.24) is 19.7 Å². The summed E-state index contributed by atoms with van der Waals surface area (Å²) in [5.41, 5.74) is 3.67. The maximum atomic E-state index is 12.5. The molecule has 1 aromatic carbocycles. The van der Waals surface area contributed by atoms with Gasteiger partial charge in [0.2, 0.25) is 0 Å². The first kappa shape index (κ1) is 14.7. The highest BCUT2D eigenvalue weighted by atomic mass is 16.5. The van der Waals surface area contributed by atoms with Gasteiger partial charge >= 0.3 is 0 Å². The molecule has 6 heteroatoms. The fraction of sp³-hybridized carbons (Fsp3) is 0.222. The molecule has 3 aromatic rings. The van der Waals surface area contributed by atoms with Crippen LogP contribution in [-0.2, 0) is 4.74 Å². The predicted molar refractivity (Wildman–Crippen MR) is 90.1 cm³/mol. The highest BCUT2D eigenvalue weighted by molar-refractivity contribution is 5.94. The molecule has 0 aliphatic carbocycles. The molecule has 1 N–H and O–H groups in total. The van der Waals surface area contributed by atoms with Crippen LogP contribution in [-0.4, -0.2) is 51.9 Å². The molecule has 4 rings (SSSR count). The molecule has 0 spiro atoms. The molecule has 1 aliphatic rings. The number of aromatic amines is 1. The zero-order chi connectivity index (χ0) is 16.4. The Labute approximate surface area is 139 Å². The third-order valence-electron chi connectivity index (χ3n) is 4.18. The topological polar surface area (TPSA) is 63.2 Å². The Kier molecular flexibility index (Phi) is 3.88. The van der Waals surface area contributed by atoms with Crippen molar-refractivity contribution in [2.45, 2.75) is 0 Å². The SMILES string of the molecule is O=C(c1cc(-c2ccc(-n3cccn3)cc2)c[nH]1)N1CCOCC1. The van der Waals surface area contributed by atoms with Crippen LogP contribution in [0.3, 0.4) is 0 Å². The summed E-state index contributed by atoms with van der Waals surface area (Å²) in [7, 11) is 0. The highest BCUT2D eigenvalue weighted by Crippen LogP contribution is 2.22. The minimum Gasteiger partial charge on any atom is -0.378 e. The summed E-state index contributed by atoms with van der Waals surface area (Å²) in [6, 6.07) is 11.9. The largest absolute Gasteiger partial charge is 0.378 e. The molecule has 3 heterocycles. The Morgan fingerprint density at radius 1 is 1.12 bits per heavy atom. The predicted octanol–water partition coefficient (Wildman–Crippen LogP) is 2.34. The van der Waals surface area contributed by atoms with E-state index in [4.69, 9.17) is 4.74 Å². The molecule has 0 atom stereocenters. The third kappa shape index (κ3) is 2.83. The van der Waals surface area contributed by atoms with Gasteiger partial charge in [-0.25, -0.2) is 4.68 Å². The lowest BCUT2D eigenvalue weighted by Crippen LogP contribution is -2.40. The molecular formula is C18H18N4O2. The zero-order valence-corrected chi connectivity index (χ0v) is 13.2. The summed E-state index contributed by atoms with van der Waals surface area (Å²) < 4.78 is 7.10. The summed E-state index contributed by atoms with van der Waals surface area (Å²) in [6.45, 7) is 2.50. The minimum absolute atomic E-state index is 0.0257. The number of H-pyrrole nitrogens is 1. The standard InChI is InChI=1S/C18H18N4O2/c23-18(21-8-10-24-11-9-21)17-12-15(13-19-17)14-2-4-16(5-3-14)22-7-1-6-20-22/h1-7,12-13,19H,8-11H2. The van der Waals surface area contributed by atoms with E-state index in [1.54, 1.807) is 6.20 Å². The molecule has 24 heavy (non-hydrogen) atoms. The average Bonchev–Trinajstić information content (AvgIpc) is 3.34. The molecule has 6 nitrogen and oxygen atoms in total. The Morgan fingerprint density at radius 2 is 1.92 bits per heavy atom. The van der Waals surface area contributed by atoms with Crippen molar-refractivity contribution in [2.24, 2.45) is 0 Å². The van der Waals surface area contributed by atoms with Crippen molar-refractivity contribution in [1.29, 1.82) is 0 Å². The van der Waals surface area contributed by atoms with Gasteiger partial charge in [0.1, 0.15) is 5.69 Å². The maximum absolute atomic E-state index is 12.5. The molecule has 1 aliphatic heterocycles. The van der Waals surface area contributed by atoms with E-state index in [1.165, 1.54) is 0 Å². The highest BCUT2D eigenvalue weighted by Gasteiger charge is 2.19. The Balaban J connectivity index is 1.53. The van der Waals surface area contributed by atoms with Crippen molar-refractivity contribution in [3.63, 3.8) is 0 Å². The fourth-order valence-corrected chi connectivity index (χ4v) is 2.85. The van der Waals surface area contributed by atoms with Crippen LogP contribution in [0.15, 0.2) is 55.0 Å². The smallest absolute Gasteiger partial charge is 0.270 e. The number of hydrogen-bond acceptors (Lipinski definition) is 3. The van der Waals surface area contributed by atoms with E-state index in [0.717, 1.165) is 16.8 Å². The minimum atomic E-state index is 0.0257. The van der Waals surface area contributed by atoms with Crippen molar-refractivity contribution in [2.75, 3.05) is 26.3 Å². The maximum Gasteiger partial charge on any atom is 0.270 e. The molecule has 1 saturated heterocycles. The summed E-state index contributed by atoms with van der Waals surface area (Å²) in [4.78, 5) is 17.4. The number of carbonyl (C=O) groups excluding carboxylic acids is 1. The van der Waals surface area contributed by atoms with Crippen LogP contribution in [0.4, 0.5) is 0 Å². The number of amides is 1. The number of ether oxygens (including phenoxy) is 1. The molecule has 0 saturated carbocycles. The Morgan fingerprint density at radius 3 is 2.62 bits per heavy atom. The van der Waals surface area contributed by atoms with Crippen LogP contribution in [0.25, 0.3) is 16.8 Å². The van der Waals surface area contributed by atoms with E-state index in [9.17, 15) is 4.79 Å². The van der Waals surface area contributed by atoms with Gasteiger partial charge in [0, 0.05) is 31.7 Å². The van der Waals surface area contributed by atoms with E-state index in [-0.39, 0.29) is 5.91 Å². The number of benzene rings is 1. The van der Waals surface area contributed by atoms with Crippen molar-refractivity contribution in [3.05, 3.63) is 60.7 Å². The first-order valence-corrected chi connectivity index (χ1v) is 7.97. The molecule has 1 fully saturated rings. The summed E-state index contributed by atoms with van der Waals surface area (Å²) >= 11 is 0. The Bertz CT molecular complexity index is 815. The zero-order valence-electron chi connectivity index (χ0n) is 13.2. The number of rotatable bonds is 3. The number of carbonyl (C=O) groups is 1.